The molecule has 0 aliphatic rings. The van der Waals surface area contributed by atoms with Crippen LogP contribution >= 0.6 is 0 Å². The SMILES string of the molecule is Cc1cc2ccc3ccccc3c2nc1-c1ccccc1. The molecule has 1 heteroatoms. The minimum absolute atomic E-state index is 1.07. The summed E-state index contributed by atoms with van der Waals surface area (Å²) in [5, 5.41) is 3.65. The molecule has 0 radical (unpaired) electrons. The standard InChI is InChI=1S/C20H15N/c1-14-13-17-12-11-15-7-5-6-10-18(15)20(17)21-19(14)16-8-3-2-4-9-16/h2-13H,1H3. The van der Waals surface area contributed by atoms with Crippen molar-refractivity contribution in [3.05, 3.63) is 78.4 Å². The summed E-state index contributed by atoms with van der Waals surface area (Å²) in [5.74, 6) is 0. The molecule has 0 bridgehead atoms. The van der Waals surface area contributed by atoms with E-state index in [4.69, 9.17) is 4.98 Å². The monoisotopic (exact) mass is 269 g/mol. The Hall–Kier alpha value is -2.67. The average Bonchev–Trinajstić information content (AvgIpc) is 2.55. The molecule has 0 aliphatic heterocycles. The summed E-state index contributed by atoms with van der Waals surface area (Å²) in [4.78, 5) is 4.97. The van der Waals surface area contributed by atoms with Crippen LogP contribution in [0, 0.1) is 6.92 Å². The van der Waals surface area contributed by atoms with E-state index in [0.29, 0.717) is 0 Å². The van der Waals surface area contributed by atoms with Gasteiger partial charge in [0.25, 0.3) is 0 Å². The number of fused-ring (bicyclic) bond motifs is 3. The number of nitrogens with zero attached hydrogens (tertiary/aromatic N) is 1. The molecule has 1 heterocycles. The molecule has 1 nitrogen and oxygen atoms in total. The van der Waals surface area contributed by atoms with Crippen molar-refractivity contribution in [2.75, 3.05) is 0 Å². The number of pyridine rings is 1. The molecule has 21 heavy (non-hydrogen) atoms. The van der Waals surface area contributed by atoms with Gasteiger partial charge in [0.15, 0.2) is 0 Å². The number of hydrogen-bond acceptors (Lipinski definition) is 1. The van der Waals surface area contributed by atoms with E-state index in [1.165, 1.54) is 27.3 Å². The summed E-state index contributed by atoms with van der Waals surface area (Å²) in [6.45, 7) is 2.13. The first kappa shape index (κ1) is 12.1. The maximum atomic E-state index is 4.97. The highest BCUT2D eigenvalue weighted by atomic mass is 14.7. The molecule has 0 saturated carbocycles. The quantitative estimate of drug-likeness (QED) is 0.424. The zero-order chi connectivity index (χ0) is 14.2. The number of aromatic nitrogens is 1. The summed E-state index contributed by atoms with van der Waals surface area (Å²) in [7, 11) is 0. The van der Waals surface area contributed by atoms with Gasteiger partial charge in [0, 0.05) is 16.3 Å². The Balaban J connectivity index is 2.09. The van der Waals surface area contributed by atoms with E-state index in [9.17, 15) is 0 Å². The number of benzene rings is 3. The molecule has 0 N–H and O–H groups in total. The molecule has 3 aromatic carbocycles. The van der Waals surface area contributed by atoms with E-state index >= 15 is 0 Å². The van der Waals surface area contributed by atoms with Gasteiger partial charge in [-0.05, 0) is 23.9 Å². The van der Waals surface area contributed by atoms with Crippen molar-refractivity contribution in [3.63, 3.8) is 0 Å². The summed E-state index contributed by atoms with van der Waals surface area (Å²) in [6, 6.07) is 25.4. The maximum absolute atomic E-state index is 4.97. The molecule has 0 aliphatic carbocycles. The Morgan fingerprint density at radius 1 is 0.714 bits per heavy atom. The Kier molecular flexibility index (Phi) is 2.71. The molecule has 100 valence electrons. The lowest BCUT2D eigenvalue weighted by Gasteiger charge is -2.09. The zero-order valence-corrected chi connectivity index (χ0v) is 11.9. The molecule has 0 saturated heterocycles. The van der Waals surface area contributed by atoms with E-state index in [-0.39, 0.29) is 0 Å². The highest BCUT2D eigenvalue weighted by Crippen LogP contribution is 2.29. The Bertz CT molecular complexity index is 940. The predicted octanol–water partition coefficient (Wildman–Crippen LogP) is 5.36. The lowest BCUT2D eigenvalue weighted by atomic mass is 10.0. The van der Waals surface area contributed by atoms with Crippen molar-refractivity contribution in [1.29, 1.82) is 0 Å². The van der Waals surface area contributed by atoms with Crippen molar-refractivity contribution < 1.29 is 0 Å². The van der Waals surface area contributed by atoms with Crippen LogP contribution < -0.4 is 0 Å². The molecular weight excluding hydrogens is 254 g/mol. The summed E-state index contributed by atoms with van der Waals surface area (Å²) in [6.07, 6.45) is 0. The van der Waals surface area contributed by atoms with Crippen LogP contribution in [0.25, 0.3) is 32.9 Å². The zero-order valence-electron chi connectivity index (χ0n) is 11.9. The fourth-order valence-corrected chi connectivity index (χ4v) is 2.90. The normalized spacial score (nSPS) is 11.1. The van der Waals surface area contributed by atoms with Gasteiger partial charge < -0.3 is 0 Å². The van der Waals surface area contributed by atoms with Crippen molar-refractivity contribution in [2.45, 2.75) is 6.92 Å². The van der Waals surface area contributed by atoms with Gasteiger partial charge in [-0.3, -0.25) is 0 Å². The van der Waals surface area contributed by atoms with Gasteiger partial charge in [0.05, 0.1) is 11.2 Å². The van der Waals surface area contributed by atoms with E-state index in [0.717, 1.165) is 11.2 Å². The van der Waals surface area contributed by atoms with E-state index in [1.54, 1.807) is 0 Å². The summed E-state index contributed by atoms with van der Waals surface area (Å²) < 4.78 is 0. The van der Waals surface area contributed by atoms with Gasteiger partial charge in [0.2, 0.25) is 0 Å². The van der Waals surface area contributed by atoms with E-state index in [1.807, 2.05) is 6.07 Å². The number of aryl methyl sites for hydroxylation is 1. The molecule has 1 aromatic heterocycles. The fourth-order valence-electron chi connectivity index (χ4n) is 2.90. The molecule has 0 amide bonds. The van der Waals surface area contributed by atoms with Crippen LogP contribution in [0.2, 0.25) is 0 Å². The highest BCUT2D eigenvalue weighted by molar-refractivity contribution is 6.06. The minimum atomic E-state index is 1.07. The predicted molar refractivity (Wildman–Crippen MR) is 89.4 cm³/mol. The molecule has 0 spiro atoms. The van der Waals surface area contributed by atoms with Crippen molar-refractivity contribution in [3.8, 4) is 11.3 Å². The van der Waals surface area contributed by atoms with Crippen LogP contribution in [-0.4, -0.2) is 4.98 Å². The maximum Gasteiger partial charge on any atom is 0.0788 e. The van der Waals surface area contributed by atoms with Crippen LogP contribution in [0.1, 0.15) is 5.56 Å². The summed E-state index contributed by atoms with van der Waals surface area (Å²) in [5.41, 5.74) is 4.53. The second-order valence-electron chi connectivity index (χ2n) is 5.38. The minimum Gasteiger partial charge on any atom is -0.247 e. The lowest BCUT2D eigenvalue weighted by molar-refractivity contribution is 1.34. The highest BCUT2D eigenvalue weighted by Gasteiger charge is 2.08. The molecule has 0 fully saturated rings. The Morgan fingerprint density at radius 2 is 1.43 bits per heavy atom. The Morgan fingerprint density at radius 3 is 2.29 bits per heavy atom. The fraction of sp³-hybridized carbons (Fsp3) is 0.0500. The number of hydrogen-bond donors (Lipinski definition) is 0. The molecule has 4 aromatic rings. The van der Waals surface area contributed by atoms with Gasteiger partial charge >= 0.3 is 0 Å². The first-order valence-electron chi connectivity index (χ1n) is 7.17. The average molecular weight is 269 g/mol. The molecular formula is C20H15N. The van der Waals surface area contributed by atoms with Crippen molar-refractivity contribution in [2.24, 2.45) is 0 Å². The van der Waals surface area contributed by atoms with Crippen LogP contribution in [-0.2, 0) is 0 Å². The first-order chi connectivity index (χ1) is 10.3. The van der Waals surface area contributed by atoms with E-state index < -0.39 is 0 Å². The second kappa shape index (κ2) is 4.71. The molecule has 0 atom stereocenters. The smallest absolute Gasteiger partial charge is 0.0788 e. The lowest BCUT2D eigenvalue weighted by Crippen LogP contribution is -1.91. The topological polar surface area (TPSA) is 12.9 Å². The third kappa shape index (κ3) is 1.98. The van der Waals surface area contributed by atoms with Gasteiger partial charge in [-0.1, -0.05) is 66.7 Å². The van der Waals surface area contributed by atoms with Crippen LogP contribution in [0.5, 0.6) is 0 Å². The molecule has 4 rings (SSSR count). The number of rotatable bonds is 1. The van der Waals surface area contributed by atoms with Gasteiger partial charge in [-0.25, -0.2) is 4.98 Å². The van der Waals surface area contributed by atoms with Gasteiger partial charge in [0.1, 0.15) is 0 Å². The largest absolute Gasteiger partial charge is 0.247 e. The van der Waals surface area contributed by atoms with Crippen LogP contribution in [0.3, 0.4) is 0 Å². The van der Waals surface area contributed by atoms with Crippen molar-refractivity contribution >= 4 is 21.7 Å². The van der Waals surface area contributed by atoms with E-state index in [2.05, 4.69) is 73.7 Å². The molecule has 0 unspecified atom stereocenters. The van der Waals surface area contributed by atoms with Crippen LogP contribution in [0.15, 0.2) is 72.8 Å². The third-order valence-electron chi connectivity index (χ3n) is 3.95. The Labute approximate surface area is 123 Å². The summed E-state index contributed by atoms with van der Waals surface area (Å²) >= 11 is 0. The third-order valence-corrected chi connectivity index (χ3v) is 3.95. The second-order valence-corrected chi connectivity index (χ2v) is 5.38. The first-order valence-corrected chi connectivity index (χ1v) is 7.17. The van der Waals surface area contributed by atoms with Gasteiger partial charge in [-0.2, -0.15) is 0 Å². The van der Waals surface area contributed by atoms with Crippen molar-refractivity contribution in [1.82, 2.24) is 4.98 Å². The van der Waals surface area contributed by atoms with Crippen LogP contribution in [0.4, 0.5) is 0 Å². The van der Waals surface area contributed by atoms with Gasteiger partial charge in [-0.15, -0.1) is 0 Å².